The number of carboxylic acid groups (broad SMARTS) is 1. The van der Waals surface area contributed by atoms with E-state index >= 15 is 0 Å². The first kappa shape index (κ1) is 17.8. The fourth-order valence-electron chi connectivity index (χ4n) is 2.55. The summed E-state index contributed by atoms with van der Waals surface area (Å²) in [5.74, 6) is -0.383. The number of aromatic carboxylic acids is 1. The monoisotopic (exact) mass is 418 g/mol. The molecular weight excluding hydrogens is 408 g/mol. The van der Waals surface area contributed by atoms with Gasteiger partial charge in [-0.3, -0.25) is 4.79 Å². The van der Waals surface area contributed by atoms with Crippen LogP contribution in [0.25, 0.3) is 21.3 Å². The zero-order valence-electron chi connectivity index (χ0n) is 13.6. The molecule has 1 aromatic carbocycles. The number of hydrogen-bond donors (Lipinski definition) is 2. The maximum atomic E-state index is 12.6. The van der Waals surface area contributed by atoms with E-state index < -0.39 is 5.97 Å². The van der Waals surface area contributed by atoms with Crippen molar-refractivity contribution in [2.75, 3.05) is 0 Å². The minimum Gasteiger partial charge on any atom is -0.475 e. The molecule has 0 saturated heterocycles. The van der Waals surface area contributed by atoms with E-state index in [4.69, 9.17) is 21.1 Å². The summed E-state index contributed by atoms with van der Waals surface area (Å²) in [6, 6.07) is 10.3. The van der Waals surface area contributed by atoms with Gasteiger partial charge in [0.25, 0.3) is 5.56 Å². The number of nitrogens with one attached hydrogen (secondary N) is 1. The van der Waals surface area contributed by atoms with Crippen LogP contribution in [0, 0.1) is 0 Å². The molecule has 0 spiro atoms. The van der Waals surface area contributed by atoms with Gasteiger partial charge in [-0.2, -0.15) is 0 Å². The Morgan fingerprint density at radius 2 is 2.04 bits per heavy atom. The third kappa shape index (κ3) is 3.64. The van der Waals surface area contributed by atoms with Crippen LogP contribution in [-0.2, 0) is 5.75 Å². The second-order valence-corrected chi connectivity index (χ2v) is 7.83. The van der Waals surface area contributed by atoms with Crippen LogP contribution in [-0.4, -0.2) is 21.0 Å². The highest BCUT2D eigenvalue weighted by molar-refractivity contribution is 7.98. The smallest absolute Gasteiger partial charge is 0.371 e. The van der Waals surface area contributed by atoms with E-state index in [1.54, 1.807) is 18.2 Å². The molecule has 0 aliphatic heterocycles. The molecule has 9 heteroatoms. The first-order valence-electron chi connectivity index (χ1n) is 7.73. The Labute approximate surface area is 165 Å². The first-order chi connectivity index (χ1) is 13.0. The minimum atomic E-state index is -1.12. The second kappa shape index (κ2) is 7.22. The Bertz CT molecular complexity index is 1190. The maximum Gasteiger partial charge on any atom is 0.371 e. The fourth-order valence-corrected chi connectivity index (χ4v) is 4.44. The molecule has 4 rings (SSSR count). The number of H-pyrrole nitrogens is 1. The van der Waals surface area contributed by atoms with Gasteiger partial charge in [0.15, 0.2) is 5.16 Å². The minimum absolute atomic E-state index is 0.117. The largest absolute Gasteiger partial charge is 0.475 e. The molecule has 0 unspecified atom stereocenters. The number of aromatic amines is 1. The summed E-state index contributed by atoms with van der Waals surface area (Å²) in [7, 11) is 0. The van der Waals surface area contributed by atoms with Crippen LogP contribution < -0.4 is 5.56 Å². The van der Waals surface area contributed by atoms with Crippen molar-refractivity contribution in [2.24, 2.45) is 0 Å². The van der Waals surface area contributed by atoms with Gasteiger partial charge >= 0.3 is 5.97 Å². The number of thioether (sulfide) groups is 1. The van der Waals surface area contributed by atoms with Crippen molar-refractivity contribution in [3.05, 3.63) is 68.7 Å². The molecular formula is C18H11ClN2O4S2. The average molecular weight is 419 g/mol. The van der Waals surface area contributed by atoms with Gasteiger partial charge in [0, 0.05) is 16.0 Å². The Morgan fingerprint density at radius 1 is 1.26 bits per heavy atom. The van der Waals surface area contributed by atoms with E-state index in [0.717, 1.165) is 11.1 Å². The quantitative estimate of drug-likeness (QED) is 0.354. The molecule has 27 heavy (non-hydrogen) atoms. The van der Waals surface area contributed by atoms with Gasteiger partial charge in [-0.1, -0.05) is 35.5 Å². The number of thiophene rings is 1. The molecule has 0 radical (unpaired) electrons. The van der Waals surface area contributed by atoms with Crippen molar-refractivity contribution >= 4 is 50.9 Å². The van der Waals surface area contributed by atoms with E-state index in [2.05, 4.69) is 9.97 Å². The Balaban J connectivity index is 1.61. The SMILES string of the molecule is O=C(O)c1ccc(CSc2nc3scc(-c4ccc(Cl)cc4)c3c(=O)[nH]2)o1. The Hall–Kier alpha value is -2.55. The highest BCUT2D eigenvalue weighted by Gasteiger charge is 2.14. The molecule has 0 fully saturated rings. The molecule has 2 N–H and O–H groups in total. The lowest BCUT2D eigenvalue weighted by Crippen LogP contribution is -2.08. The van der Waals surface area contributed by atoms with Crippen LogP contribution in [0.2, 0.25) is 5.02 Å². The van der Waals surface area contributed by atoms with Gasteiger partial charge in [0.2, 0.25) is 5.76 Å². The van der Waals surface area contributed by atoms with E-state index in [1.165, 1.54) is 29.2 Å². The van der Waals surface area contributed by atoms with Gasteiger partial charge in [-0.25, -0.2) is 9.78 Å². The van der Waals surface area contributed by atoms with Crippen molar-refractivity contribution < 1.29 is 14.3 Å². The number of carbonyl (C=O) groups is 1. The standard InChI is InChI=1S/C18H11ClN2O4S2/c19-10-3-1-9(2-4-10)12-8-26-16-14(12)15(22)20-18(21-16)27-7-11-5-6-13(25-11)17(23)24/h1-6,8H,7H2,(H,23,24)(H,20,21,22). The van der Waals surface area contributed by atoms with Gasteiger partial charge < -0.3 is 14.5 Å². The predicted octanol–water partition coefficient (Wildman–Crippen LogP) is 4.89. The third-order valence-corrected chi connectivity index (χ3v) is 5.82. The lowest BCUT2D eigenvalue weighted by molar-refractivity contribution is 0.0661. The molecule has 0 amide bonds. The van der Waals surface area contributed by atoms with Crippen molar-refractivity contribution in [1.29, 1.82) is 0 Å². The molecule has 0 aliphatic carbocycles. The zero-order chi connectivity index (χ0) is 19.0. The summed E-state index contributed by atoms with van der Waals surface area (Å²) in [5, 5.41) is 12.4. The summed E-state index contributed by atoms with van der Waals surface area (Å²) in [5.41, 5.74) is 1.49. The van der Waals surface area contributed by atoms with E-state index in [-0.39, 0.29) is 11.3 Å². The lowest BCUT2D eigenvalue weighted by Gasteiger charge is -2.02. The highest BCUT2D eigenvalue weighted by Crippen LogP contribution is 2.32. The lowest BCUT2D eigenvalue weighted by atomic mass is 10.1. The zero-order valence-corrected chi connectivity index (χ0v) is 16.0. The topological polar surface area (TPSA) is 96.2 Å². The number of hydrogen-bond acceptors (Lipinski definition) is 6. The fraction of sp³-hybridized carbons (Fsp3) is 0.0556. The summed E-state index contributed by atoms with van der Waals surface area (Å²) in [6.45, 7) is 0. The van der Waals surface area contributed by atoms with Crippen LogP contribution in [0.1, 0.15) is 16.3 Å². The molecule has 0 aliphatic rings. The molecule has 0 bridgehead atoms. The highest BCUT2D eigenvalue weighted by atomic mass is 35.5. The summed E-state index contributed by atoms with van der Waals surface area (Å²) >= 11 is 8.59. The van der Waals surface area contributed by atoms with Gasteiger partial charge in [-0.05, 0) is 29.8 Å². The van der Waals surface area contributed by atoms with Crippen molar-refractivity contribution in [3.63, 3.8) is 0 Å². The Kier molecular flexibility index (Phi) is 4.77. The summed E-state index contributed by atoms with van der Waals surface area (Å²) in [4.78, 5) is 31.4. The van der Waals surface area contributed by atoms with E-state index in [0.29, 0.717) is 31.9 Å². The number of furan rings is 1. The van der Waals surface area contributed by atoms with Crippen LogP contribution in [0.15, 0.2) is 56.1 Å². The van der Waals surface area contributed by atoms with Gasteiger partial charge in [-0.15, -0.1) is 11.3 Å². The van der Waals surface area contributed by atoms with Crippen LogP contribution >= 0.6 is 34.7 Å². The van der Waals surface area contributed by atoms with Crippen LogP contribution in [0.4, 0.5) is 0 Å². The molecule has 3 aromatic heterocycles. The van der Waals surface area contributed by atoms with Crippen molar-refractivity contribution in [3.8, 4) is 11.1 Å². The molecule has 4 aromatic rings. The summed E-state index contributed by atoms with van der Waals surface area (Å²) in [6.07, 6.45) is 0. The number of benzene rings is 1. The second-order valence-electron chi connectivity index (χ2n) is 5.57. The number of rotatable bonds is 5. The van der Waals surface area contributed by atoms with Crippen LogP contribution in [0.3, 0.4) is 0 Å². The van der Waals surface area contributed by atoms with E-state index in [1.807, 2.05) is 17.5 Å². The number of fused-ring (bicyclic) bond motifs is 1. The normalized spacial score (nSPS) is 11.1. The molecule has 0 atom stereocenters. The molecule has 3 heterocycles. The summed E-state index contributed by atoms with van der Waals surface area (Å²) < 4.78 is 5.21. The number of halogens is 1. The number of nitrogens with zero attached hydrogens (tertiary/aromatic N) is 1. The van der Waals surface area contributed by atoms with Crippen molar-refractivity contribution in [2.45, 2.75) is 10.9 Å². The Morgan fingerprint density at radius 3 is 2.74 bits per heavy atom. The molecule has 0 saturated carbocycles. The first-order valence-corrected chi connectivity index (χ1v) is 9.98. The average Bonchev–Trinajstić information content (AvgIpc) is 3.28. The third-order valence-electron chi connectivity index (χ3n) is 3.80. The van der Waals surface area contributed by atoms with Gasteiger partial charge in [0.1, 0.15) is 10.6 Å². The van der Waals surface area contributed by atoms with Crippen molar-refractivity contribution in [1.82, 2.24) is 9.97 Å². The van der Waals surface area contributed by atoms with E-state index in [9.17, 15) is 9.59 Å². The van der Waals surface area contributed by atoms with Crippen LogP contribution in [0.5, 0.6) is 0 Å². The maximum absolute atomic E-state index is 12.6. The number of carboxylic acids is 1. The molecule has 136 valence electrons. The number of aromatic nitrogens is 2. The van der Waals surface area contributed by atoms with Gasteiger partial charge in [0.05, 0.1) is 11.1 Å². The molecule has 6 nitrogen and oxygen atoms in total. The predicted molar refractivity (Wildman–Crippen MR) is 106 cm³/mol.